The zero-order valence-electron chi connectivity index (χ0n) is 35.6. The SMILES string of the molecule is [Ac].[CH2-]NCCCNC(=O)[C@]1(O)C2N(C)c3cc(OC)c([C@@]4(C(=O)OC)CC5[CH][C@](C)(O)CN(CCc6c4[nH]c4ccccc64)C5)cc3C23CCN2CC=C[C@](CC)(C23)[C@H]1O. The number of nitrogens with one attached hydrogen (secondary N) is 3. The van der Waals surface area contributed by atoms with Gasteiger partial charge in [-0.3, -0.25) is 26.4 Å². The molecule has 14 heteroatoms. The summed E-state index contributed by atoms with van der Waals surface area (Å²) >= 11 is 0. The summed E-state index contributed by atoms with van der Waals surface area (Å²) in [6.07, 6.45) is 7.31. The van der Waals surface area contributed by atoms with Crippen LogP contribution in [-0.2, 0) is 31.6 Å². The fraction of sp³-hybridized carbons (Fsp3) is 0.565. The van der Waals surface area contributed by atoms with E-state index < -0.39 is 51.5 Å². The molecule has 6 heterocycles. The number of fused-ring (bicyclic) bond motifs is 6. The van der Waals surface area contributed by atoms with Gasteiger partial charge in [-0.15, -0.1) is 0 Å². The maximum Gasteiger partial charge on any atom is 0.322 e. The third-order valence-corrected chi connectivity index (χ3v) is 15.3. The van der Waals surface area contributed by atoms with Gasteiger partial charge in [-0.05, 0) is 87.7 Å². The first-order valence-electron chi connectivity index (χ1n) is 21.3. The van der Waals surface area contributed by atoms with E-state index in [0.717, 1.165) is 33.4 Å². The predicted octanol–water partition coefficient (Wildman–Crippen LogP) is 2.56. The number of aromatic nitrogens is 1. The molecule has 5 aliphatic heterocycles. The number of para-hydroxylation sites is 1. The van der Waals surface area contributed by atoms with Gasteiger partial charge in [0.2, 0.25) is 0 Å². The van der Waals surface area contributed by atoms with Crippen LogP contribution in [0.15, 0.2) is 48.6 Å². The summed E-state index contributed by atoms with van der Waals surface area (Å²) in [5.41, 5.74) is -1.58. The van der Waals surface area contributed by atoms with E-state index in [9.17, 15) is 20.1 Å². The van der Waals surface area contributed by atoms with Crippen LogP contribution in [0.3, 0.4) is 0 Å². The van der Waals surface area contributed by atoms with Crippen LogP contribution in [0.4, 0.5) is 5.69 Å². The van der Waals surface area contributed by atoms with Crippen LogP contribution < -0.4 is 20.3 Å². The zero-order chi connectivity index (χ0) is 41.7. The third kappa shape index (κ3) is 6.08. The Kier molecular flexibility index (Phi) is 11.7. The van der Waals surface area contributed by atoms with Gasteiger partial charge in [-0.1, -0.05) is 37.3 Å². The van der Waals surface area contributed by atoms with Crippen molar-refractivity contribution in [3.63, 3.8) is 0 Å². The third-order valence-electron chi connectivity index (χ3n) is 15.3. The molecule has 6 N–H and O–H groups in total. The Labute approximate surface area is 389 Å². The topological polar surface area (TPSA) is 163 Å². The quantitative estimate of drug-likeness (QED) is 0.0810. The molecule has 1 saturated carbocycles. The summed E-state index contributed by atoms with van der Waals surface area (Å²) < 4.78 is 12.3. The second-order valence-corrected chi connectivity index (χ2v) is 18.4. The first-order valence-corrected chi connectivity index (χ1v) is 21.3. The molecular formula is C46H60AcN6O7-. The van der Waals surface area contributed by atoms with Crippen LogP contribution in [0.1, 0.15) is 61.9 Å². The Hall–Kier alpha value is -2.54. The minimum absolute atomic E-state index is 0. The molecule has 2 bridgehead atoms. The number of nitrogens with zero attached hydrogens (tertiary/aromatic N) is 3. The smallest absolute Gasteiger partial charge is 0.322 e. The van der Waals surface area contributed by atoms with Crippen molar-refractivity contribution >= 4 is 28.5 Å². The molecule has 2 saturated heterocycles. The van der Waals surface area contributed by atoms with Crippen molar-refractivity contribution in [2.45, 2.75) is 86.2 Å². The van der Waals surface area contributed by atoms with Gasteiger partial charge in [0.1, 0.15) is 17.3 Å². The van der Waals surface area contributed by atoms with Crippen molar-refractivity contribution in [3.05, 3.63) is 84.4 Å². The van der Waals surface area contributed by atoms with Crippen molar-refractivity contribution in [1.82, 2.24) is 25.4 Å². The number of aliphatic hydroxyl groups excluding tert-OH is 1. The molecule has 2 aromatic carbocycles. The van der Waals surface area contributed by atoms with E-state index in [1.54, 1.807) is 7.11 Å². The largest absolute Gasteiger partial charge is 0.496 e. The Morgan fingerprint density at radius 2 is 1.87 bits per heavy atom. The number of amides is 1. The Balaban J connectivity index is 0.00000499. The van der Waals surface area contributed by atoms with Gasteiger partial charge in [0.05, 0.1) is 25.9 Å². The number of hydrogen-bond donors (Lipinski definition) is 6. The molecule has 60 heavy (non-hydrogen) atoms. The molecule has 1 aliphatic carbocycles. The number of aromatic amines is 1. The Morgan fingerprint density at radius 1 is 1.08 bits per heavy atom. The van der Waals surface area contributed by atoms with Gasteiger partial charge in [-0.25, -0.2) is 0 Å². The van der Waals surface area contributed by atoms with Crippen LogP contribution in [0.2, 0.25) is 0 Å². The van der Waals surface area contributed by atoms with E-state index in [0.29, 0.717) is 82.8 Å². The molecule has 1 amide bonds. The number of piperidine rings is 1. The van der Waals surface area contributed by atoms with Crippen LogP contribution in [0.25, 0.3) is 10.9 Å². The molecule has 9 rings (SSSR count). The molecule has 5 unspecified atom stereocenters. The summed E-state index contributed by atoms with van der Waals surface area (Å²) in [5, 5.41) is 44.5. The summed E-state index contributed by atoms with van der Waals surface area (Å²) in [5.74, 6) is -0.798. The average molecular weight is 1040 g/mol. The number of anilines is 1. The van der Waals surface area contributed by atoms with Crippen LogP contribution >= 0.6 is 0 Å². The van der Waals surface area contributed by atoms with E-state index in [1.807, 2.05) is 56.5 Å². The number of carbonyl (C=O) groups excluding carboxylic acids is 2. The molecule has 3 fully saturated rings. The summed E-state index contributed by atoms with van der Waals surface area (Å²) in [4.78, 5) is 40.4. The number of ether oxygens (including phenoxy) is 2. The standard InChI is InChI=1S/C46H60N6O7.Ac/c1-7-43-15-10-19-52-21-16-44(37(43)52)31-22-32(35(58-5)23-34(31)50(4)38(44)46(57,39(43)53)40(54)48-18-11-17-47-3)45(41(55)59-6)25-28-24-42(2,56)27-51(26-28)20-14-30-29-12-8-9-13-33(29)49-36(30)45;/h8-10,12-13,15,22-24,28,37-39,47,49,53,56-57H,3,7,11,14,16-21,25-27H2,1-2,4-6H3,(H,48,54);/q-1;/t28?,37?,38?,39-,42+,43-,44?,45+,46+;/m1./s1. The van der Waals surface area contributed by atoms with E-state index in [2.05, 4.69) is 56.7 Å². The van der Waals surface area contributed by atoms with Gasteiger partial charge >= 0.3 is 5.97 Å². The molecule has 1 spiro atoms. The number of H-pyrrole nitrogens is 1. The van der Waals surface area contributed by atoms with Crippen LogP contribution in [0.5, 0.6) is 5.75 Å². The van der Waals surface area contributed by atoms with E-state index in [-0.39, 0.29) is 62.4 Å². The number of methoxy groups -OCH3 is 2. The molecule has 320 valence electrons. The molecule has 3 aromatic rings. The van der Waals surface area contributed by atoms with Gasteiger partial charge in [0.25, 0.3) is 5.91 Å². The maximum atomic E-state index is 15.3. The first kappa shape index (κ1) is 44.1. The summed E-state index contributed by atoms with van der Waals surface area (Å²) in [6, 6.07) is 11.1. The van der Waals surface area contributed by atoms with Crippen molar-refractivity contribution in [2.24, 2.45) is 11.3 Å². The summed E-state index contributed by atoms with van der Waals surface area (Å²) in [7, 11) is 8.63. The average Bonchev–Trinajstić information content (AvgIpc) is 3.89. The minimum atomic E-state index is -2.22. The van der Waals surface area contributed by atoms with Crippen LogP contribution in [0, 0.1) is 68.9 Å². The van der Waals surface area contributed by atoms with Gasteiger partial charge < -0.3 is 45.3 Å². The summed E-state index contributed by atoms with van der Waals surface area (Å²) in [6.45, 7) is 7.96. The molecule has 13 nitrogen and oxygen atoms in total. The number of benzene rings is 2. The fourth-order valence-electron chi connectivity index (χ4n) is 13.2. The van der Waals surface area contributed by atoms with E-state index in [4.69, 9.17) is 9.47 Å². The van der Waals surface area contributed by atoms with Gasteiger partial charge in [-0.2, -0.15) is 0 Å². The normalized spacial score (nSPS) is 36.5. The van der Waals surface area contributed by atoms with Crippen LogP contribution in [-0.4, -0.2) is 138 Å². The predicted molar refractivity (Wildman–Crippen MR) is 225 cm³/mol. The first-order chi connectivity index (χ1) is 28.3. The Bertz CT molecular complexity index is 2200. The number of rotatable bonds is 9. The number of likely N-dealkylation sites (N-methyl/N-ethyl adjacent to an activating group) is 1. The zero-order valence-corrected chi connectivity index (χ0v) is 40.3. The van der Waals surface area contributed by atoms with Gasteiger partial charge in [0, 0.05) is 135 Å². The monoisotopic (exact) mass is 1040 g/mol. The number of aliphatic hydroxyl groups is 3. The number of esters is 1. The molecular weight excluding hydrogens is 976 g/mol. The van der Waals surface area contributed by atoms with Crippen molar-refractivity contribution in [3.8, 4) is 5.75 Å². The number of hydrogen-bond acceptors (Lipinski definition) is 11. The molecule has 6 aliphatic rings. The molecule has 1 aromatic heterocycles. The van der Waals surface area contributed by atoms with Crippen molar-refractivity contribution in [2.75, 3.05) is 72.0 Å². The Morgan fingerprint density at radius 3 is 2.60 bits per heavy atom. The fourth-order valence-corrected chi connectivity index (χ4v) is 13.2. The molecule has 10 atom stereocenters. The second-order valence-electron chi connectivity index (χ2n) is 18.4. The minimum Gasteiger partial charge on any atom is -0.496 e. The molecule has 2 radical (unpaired) electrons. The number of carbonyl (C=O) groups is 2. The van der Waals surface area contributed by atoms with Crippen molar-refractivity contribution in [1.29, 1.82) is 0 Å². The van der Waals surface area contributed by atoms with Gasteiger partial charge in [0.15, 0.2) is 5.60 Å². The van der Waals surface area contributed by atoms with Crippen molar-refractivity contribution < 1.29 is 78.4 Å². The van der Waals surface area contributed by atoms with E-state index in [1.165, 1.54) is 7.11 Å². The van der Waals surface area contributed by atoms with E-state index >= 15 is 4.79 Å². The second kappa shape index (κ2) is 15.9. The maximum absolute atomic E-state index is 15.3.